The summed E-state index contributed by atoms with van der Waals surface area (Å²) in [6.45, 7) is 7.94. The zero-order valence-corrected chi connectivity index (χ0v) is 23.5. The van der Waals surface area contributed by atoms with Crippen LogP contribution < -0.4 is 20.7 Å². The SMILES string of the molecule is COc1cccc2[nH]c(C(=O)NC(CC(C)C)C(=O)NC(CC3CCNC3=O)C3OC(=O)N(C(C)C)C3=N)cc12. The number of benzene rings is 1. The van der Waals surface area contributed by atoms with Crippen LogP contribution in [0.25, 0.3) is 10.9 Å². The molecule has 0 saturated carbocycles. The van der Waals surface area contributed by atoms with E-state index >= 15 is 0 Å². The van der Waals surface area contributed by atoms with Crippen molar-refractivity contribution >= 4 is 40.6 Å². The molecule has 4 amide bonds. The highest BCUT2D eigenvalue weighted by Gasteiger charge is 2.45. The largest absolute Gasteiger partial charge is 0.496 e. The second-order valence-electron chi connectivity index (χ2n) is 11.0. The molecule has 2 aliphatic rings. The van der Waals surface area contributed by atoms with Gasteiger partial charge in [0, 0.05) is 29.4 Å². The molecule has 1 aromatic carbocycles. The second-order valence-corrected chi connectivity index (χ2v) is 11.0. The molecule has 0 bridgehead atoms. The maximum absolute atomic E-state index is 13.7. The number of nitrogens with one attached hydrogen (secondary N) is 5. The number of aromatic amines is 1. The van der Waals surface area contributed by atoms with Crippen molar-refractivity contribution in [2.45, 2.75) is 71.2 Å². The highest BCUT2D eigenvalue weighted by molar-refractivity contribution is 6.03. The van der Waals surface area contributed by atoms with Gasteiger partial charge in [0.25, 0.3) is 5.91 Å². The summed E-state index contributed by atoms with van der Waals surface area (Å²) < 4.78 is 10.9. The zero-order chi connectivity index (χ0) is 29.1. The molecule has 0 spiro atoms. The average molecular weight is 555 g/mol. The molecule has 5 N–H and O–H groups in total. The summed E-state index contributed by atoms with van der Waals surface area (Å²) in [5, 5.41) is 17.9. The summed E-state index contributed by atoms with van der Waals surface area (Å²) in [6, 6.07) is 5.07. The quantitative estimate of drug-likeness (QED) is 0.286. The van der Waals surface area contributed by atoms with E-state index in [9.17, 15) is 19.2 Å². The van der Waals surface area contributed by atoms with Gasteiger partial charge in [-0.25, -0.2) is 4.79 Å². The van der Waals surface area contributed by atoms with Gasteiger partial charge in [-0.15, -0.1) is 0 Å². The van der Waals surface area contributed by atoms with Crippen molar-refractivity contribution in [1.29, 1.82) is 5.41 Å². The van der Waals surface area contributed by atoms with Crippen molar-refractivity contribution in [3.05, 3.63) is 30.0 Å². The first kappa shape index (κ1) is 28.9. The van der Waals surface area contributed by atoms with Gasteiger partial charge in [0.1, 0.15) is 23.3 Å². The number of amides is 4. The Labute approximate surface area is 233 Å². The van der Waals surface area contributed by atoms with Gasteiger partial charge in [0.2, 0.25) is 11.8 Å². The molecule has 1 aromatic heterocycles. The molecule has 2 aromatic rings. The van der Waals surface area contributed by atoms with Crippen LogP contribution in [0.15, 0.2) is 24.3 Å². The molecule has 4 atom stereocenters. The summed E-state index contributed by atoms with van der Waals surface area (Å²) in [4.78, 5) is 56.1. The lowest BCUT2D eigenvalue weighted by molar-refractivity contribution is -0.126. The van der Waals surface area contributed by atoms with E-state index in [4.69, 9.17) is 14.9 Å². The van der Waals surface area contributed by atoms with Crippen molar-refractivity contribution in [2.75, 3.05) is 13.7 Å². The van der Waals surface area contributed by atoms with E-state index in [1.165, 1.54) is 4.90 Å². The number of cyclic esters (lactones) is 1. The molecule has 0 radical (unpaired) electrons. The lowest BCUT2D eigenvalue weighted by atomic mass is 9.93. The number of hydrogen-bond acceptors (Lipinski definition) is 7. The number of ether oxygens (including phenoxy) is 2. The summed E-state index contributed by atoms with van der Waals surface area (Å²) in [7, 11) is 1.55. The maximum atomic E-state index is 13.7. The van der Waals surface area contributed by atoms with Gasteiger partial charge in [-0.3, -0.25) is 24.7 Å². The fourth-order valence-corrected chi connectivity index (χ4v) is 5.30. The number of methoxy groups -OCH3 is 1. The van der Waals surface area contributed by atoms with Crippen LogP contribution in [0.1, 0.15) is 57.4 Å². The second kappa shape index (κ2) is 12.0. The molecule has 4 unspecified atom stereocenters. The molecule has 2 saturated heterocycles. The number of carbonyl (C=O) groups excluding carboxylic acids is 4. The fourth-order valence-electron chi connectivity index (χ4n) is 5.30. The number of hydrogen-bond donors (Lipinski definition) is 5. The van der Waals surface area contributed by atoms with Crippen LogP contribution in [0.4, 0.5) is 4.79 Å². The first-order valence-corrected chi connectivity index (χ1v) is 13.6. The van der Waals surface area contributed by atoms with E-state index < -0.39 is 42.0 Å². The van der Waals surface area contributed by atoms with Gasteiger partial charge in [-0.1, -0.05) is 19.9 Å². The lowest BCUT2D eigenvalue weighted by Crippen LogP contribution is -2.55. The standard InChI is InChI=1S/C28H38N6O6/c1-14(2)11-20(33-27(37)21-13-17-18(31-21)7-6-8-22(17)39-5)26(36)32-19(12-16-9-10-30-25(16)35)23-24(29)34(15(3)4)28(38)40-23/h6-8,13-16,19-20,23,29,31H,9-12H2,1-5H3,(H,30,35)(H,32,36)(H,33,37). The third-order valence-corrected chi connectivity index (χ3v) is 7.28. The molecule has 12 nitrogen and oxygen atoms in total. The minimum absolute atomic E-state index is 0.0666. The lowest BCUT2D eigenvalue weighted by Gasteiger charge is -2.28. The van der Waals surface area contributed by atoms with Crippen LogP contribution in [-0.4, -0.2) is 77.4 Å². The van der Waals surface area contributed by atoms with E-state index in [1.807, 2.05) is 26.0 Å². The van der Waals surface area contributed by atoms with Gasteiger partial charge in [-0.2, -0.15) is 0 Å². The van der Waals surface area contributed by atoms with Gasteiger partial charge in [-0.05, 0) is 57.2 Å². The highest BCUT2D eigenvalue weighted by atomic mass is 16.6. The smallest absolute Gasteiger partial charge is 0.416 e. The Bertz CT molecular complexity index is 1300. The Balaban J connectivity index is 1.55. The Kier molecular flexibility index (Phi) is 8.65. The number of H-pyrrole nitrogens is 1. The van der Waals surface area contributed by atoms with Crippen molar-refractivity contribution in [2.24, 2.45) is 11.8 Å². The minimum Gasteiger partial charge on any atom is -0.496 e. The van der Waals surface area contributed by atoms with Gasteiger partial charge < -0.3 is 30.4 Å². The summed E-state index contributed by atoms with van der Waals surface area (Å²) in [6.07, 6.45) is -0.611. The topological polar surface area (TPSA) is 166 Å². The zero-order valence-electron chi connectivity index (χ0n) is 23.5. The Morgan fingerprint density at radius 1 is 1.20 bits per heavy atom. The van der Waals surface area contributed by atoms with E-state index in [2.05, 4.69) is 20.9 Å². The van der Waals surface area contributed by atoms with Crippen LogP contribution in [-0.2, 0) is 14.3 Å². The van der Waals surface area contributed by atoms with Crippen molar-refractivity contribution in [3.8, 4) is 5.75 Å². The Morgan fingerprint density at radius 3 is 2.55 bits per heavy atom. The molecular formula is C28H38N6O6. The molecule has 3 heterocycles. The van der Waals surface area contributed by atoms with Gasteiger partial charge >= 0.3 is 6.09 Å². The van der Waals surface area contributed by atoms with E-state index in [1.54, 1.807) is 33.1 Å². The number of aromatic nitrogens is 1. The number of carbonyl (C=O) groups is 4. The minimum atomic E-state index is -1.05. The average Bonchev–Trinajstić information content (AvgIpc) is 3.59. The monoisotopic (exact) mass is 554 g/mol. The molecule has 2 aliphatic heterocycles. The van der Waals surface area contributed by atoms with Crippen LogP contribution in [0.3, 0.4) is 0 Å². The van der Waals surface area contributed by atoms with E-state index in [0.717, 1.165) is 10.9 Å². The Hall–Kier alpha value is -4.09. The molecule has 4 rings (SSSR count). The number of nitrogens with zero attached hydrogens (tertiary/aromatic N) is 1. The normalized spacial score (nSPS) is 20.6. The number of fused-ring (bicyclic) bond motifs is 1. The first-order chi connectivity index (χ1) is 19.0. The molecule has 40 heavy (non-hydrogen) atoms. The van der Waals surface area contributed by atoms with Crippen LogP contribution in [0, 0.1) is 17.2 Å². The third kappa shape index (κ3) is 6.05. The van der Waals surface area contributed by atoms with Crippen molar-refractivity contribution in [3.63, 3.8) is 0 Å². The van der Waals surface area contributed by atoms with Gasteiger partial charge in [0.15, 0.2) is 6.10 Å². The van der Waals surface area contributed by atoms with Crippen LogP contribution in [0.2, 0.25) is 0 Å². The molecule has 12 heteroatoms. The maximum Gasteiger partial charge on any atom is 0.416 e. The molecular weight excluding hydrogens is 516 g/mol. The first-order valence-electron chi connectivity index (χ1n) is 13.6. The third-order valence-electron chi connectivity index (χ3n) is 7.28. The van der Waals surface area contributed by atoms with Crippen LogP contribution in [0.5, 0.6) is 5.75 Å². The molecule has 2 fully saturated rings. The van der Waals surface area contributed by atoms with Crippen LogP contribution >= 0.6 is 0 Å². The summed E-state index contributed by atoms with van der Waals surface area (Å²) in [5.74, 6) is -0.867. The predicted octanol–water partition coefficient (Wildman–Crippen LogP) is 2.54. The van der Waals surface area contributed by atoms with E-state index in [-0.39, 0.29) is 35.8 Å². The van der Waals surface area contributed by atoms with E-state index in [0.29, 0.717) is 25.1 Å². The van der Waals surface area contributed by atoms with Gasteiger partial charge in [0.05, 0.1) is 13.2 Å². The summed E-state index contributed by atoms with van der Waals surface area (Å²) in [5.41, 5.74) is 1.000. The predicted molar refractivity (Wildman–Crippen MR) is 148 cm³/mol. The molecule has 0 aliphatic carbocycles. The van der Waals surface area contributed by atoms with Crippen molar-refractivity contribution < 1.29 is 28.7 Å². The van der Waals surface area contributed by atoms with Crippen molar-refractivity contribution in [1.82, 2.24) is 25.8 Å². The highest BCUT2D eigenvalue weighted by Crippen LogP contribution is 2.27. The summed E-state index contributed by atoms with van der Waals surface area (Å²) >= 11 is 0. The molecule has 216 valence electrons. The fraction of sp³-hybridized carbons (Fsp3) is 0.536. The number of rotatable bonds is 11. The Morgan fingerprint density at radius 2 is 1.95 bits per heavy atom. The number of amidine groups is 1.